The zero-order chi connectivity index (χ0) is 20.2. The van der Waals surface area contributed by atoms with E-state index >= 15 is 0 Å². The van der Waals surface area contributed by atoms with Crippen molar-refractivity contribution in [2.75, 3.05) is 4.72 Å². The van der Waals surface area contributed by atoms with Gasteiger partial charge in [0, 0.05) is 11.1 Å². The first-order valence-electron chi connectivity index (χ1n) is 8.77. The highest BCUT2D eigenvalue weighted by molar-refractivity contribution is 7.92. The molecule has 3 aromatic rings. The molecule has 1 unspecified atom stereocenters. The maximum absolute atomic E-state index is 12.7. The summed E-state index contributed by atoms with van der Waals surface area (Å²) >= 11 is 0. The van der Waals surface area contributed by atoms with Gasteiger partial charge in [-0.05, 0) is 44.2 Å². The molecule has 0 aromatic heterocycles. The zero-order valence-corrected chi connectivity index (χ0v) is 16.5. The number of aliphatic hydroxyl groups is 1. The van der Waals surface area contributed by atoms with E-state index < -0.39 is 15.6 Å². The quantitative estimate of drug-likeness (QED) is 0.659. The van der Waals surface area contributed by atoms with Crippen LogP contribution in [0.2, 0.25) is 0 Å². The Morgan fingerprint density at radius 2 is 1.50 bits per heavy atom. The minimum Gasteiger partial charge on any atom is -0.374 e. The fourth-order valence-electron chi connectivity index (χ4n) is 2.70. The first kappa shape index (κ1) is 19.7. The first-order chi connectivity index (χ1) is 13.3. The van der Waals surface area contributed by atoms with Crippen LogP contribution in [0.5, 0.6) is 0 Å². The second-order valence-electron chi connectivity index (χ2n) is 6.65. The average molecular weight is 391 g/mol. The van der Waals surface area contributed by atoms with E-state index in [1.807, 2.05) is 37.3 Å². The summed E-state index contributed by atoms with van der Waals surface area (Å²) < 4.78 is 28.1. The summed E-state index contributed by atoms with van der Waals surface area (Å²) in [5.74, 6) is 5.77. The van der Waals surface area contributed by atoms with Crippen LogP contribution in [0, 0.1) is 18.8 Å². The molecule has 5 heteroatoms. The third-order valence-corrected chi connectivity index (χ3v) is 5.63. The van der Waals surface area contributed by atoms with Crippen LogP contribution in [-0.4, -0.2) is 13.5 Å². The van der Waals surface area contributed by atoms with Gasteiger partial charge in [0.2, 0.25) is 0 Å². The molecule has 0 spiro atoms. The van der Waals surface area contributed by atoms with E-state index in [1.54, 1.807) is 55.5 Å². The molecule has 0 saturated carbocycles. The molecule has 28 heavy (non-hydrogen) atoms. The Bertz CT molecular complexity index is 1120. The molecule has 142 valence electrons. The van der Waals surface area contributed by atoms with E-state index in [2.05, 4.69) is 16.6 Å². The van der Waals surface area contributed by atoms with E-state index in [0.29, 0.717) is 5.56 Å². The minimum absolute atomic E-state index is 0.155. The summed E-state index contributed by atoms with van der Waals surface area (Å²) in [4.78, 5) is 0.155. The predicted molar refractivity (Wildman–Crippen MR) is 111 cm³/mol. The van der Waals surface area contributed by atoms with E-state index in [0.717, 1.165) is 11.1 Å². The SMILES string of the molecule is Cc1ccc(S(=O)(=O)Nc2ccccc2C(C)(O)C#Cc2ccccc2)cc1. The van der Waals surface area contributed by atoms with Crippen molar-refractivity contribution in [1.29, 1.82) is 0 Å². The molecule has 0 fully saturated rings. The molecule has 1 atom stereocenters. The van der Waals surface area contributed by atoms with Gasteiger partial charge in [-0.3, -0.25) is 4.72 Å². The lowest BCUT2D eigenvalue weighted by atomic mass is 9.94. The highest BCUT2D eigenvalue weighted by Crippen LogP contribution is 2.29. The van der Waals surface area contributed by atoms with Crippen molar-refractivity contribution in [3.63, 3.8) is 0 Å². The fraction of sp³-hybridized carbons (Fsp3) is 0.130. The molecule has 2 N–H and O–H groups in total. The molecule has 0 aliphatic heterocycles. The summed E-state index contributed by atoms with van der Waals surface area (Å²) in [6.07, 6.45) is 0. The van der Waals surface area contributed by atoms with E-state index in [4.69, 9.17) is 0 Å². The van der Waals surface area contributed by atoms with Crippen LogP contribution in [0.4, 0.5) is 5.69 Å². The lowest BCUT2D eigenvalue weighted by Gasteiger charge is -2.21. The van der Waals surface area contributed by atoms with Crippen molar-refractivity contribution < 1.29 is 13.5 Å². The highest BCUT2D eigenvalue weighted by Gasteiger charge is 2.26. The summed E-state index contributed by atoms with van der Waals surface area (Å²) in [6.45, 7) is 3.43. The van der Waals surface area contributed by atoms with Crippen molar-refractivity contribution in [1.82, 2.24) is 0 Å². The number of nitrogens with one attached hydrogen (secondary N) is 1. The van der Waals surface area contributed by atoms with Gasteiger partial charge in [-0.15, -0.1) is 0 Å². The van der Waals surface area contributed by atoms with E-state index in [9.17, 15) is 13.5 Å². The number of anilines is 1. The minimum atomic E-state index is -3.79. The Morgan fingerprint density at radius 3 is 2.18 bits per heavy atom. The molecule has 0 amide bonds. The number of hydrogen-bond acceptors (Lipinski definition) is 3. The largest absolute Gasteiger partial charge is 0.374 e. The second-order valence-corrected chi connectivity index (χ2v) is 8.33. The lowest BCUT2D eigenvalue weighted by molar-refractivity contribution is 0.123. The molecule has 0 heterocycles. The highest BCUT2D eigenvalue weighted by atomic mass is 32.2. The van der Waals surface area contributed by atoms with Crippen LogP contribution in [0.3, 0.4) is 0 Å². The number of para-hydroxylation sites is 1. The van der Waals surface area contributed by atoms with Gasteiger partial charge in [0.05, 0.1) is 10.6 Å². The Hall–Kier alpha value is -3.07. The van der Waals surface area contributed by atoms with Gasteiger partial charge in [0.15, 0.2) is 5.60 Å². The van der Waals surface area contributed by atoms with Crippen LogP contribution in [-0.2, 0) is 15.6 Å². The summed E-state index contributed by atoms with van der Waals surface area (Å²) in [5, 5.41) is 10.9. The van der Waals surface area contributed by atoms with Gasteiger partial charge < -0.3 is 5.11 Å². The number of benzene rings is 3. The summed E-state index contributed by atoms with van der Waals surface area (Å²) in [6, 6.07) is 22.6. The van der Waals surface area contributed by atoms with Crippen molar-refractivity contribution >= 4 is 15.7 Å². The van der Waals surface area contributed by atoms with Gasteiger partial charge in [-0.25, -0.2) is 8.42 Å². The molecule has 3 aromatic carbocycles. The molecular weight excluding hydrogens is 370 g/mol. The maximum Gasteiger partial charge on any atom is 0.261 e. The first-order valence-corrected chi connectivity index (χ1v) is 10.3. The molecular formula is C23H21NO3S. The van der Waals surface area contributed by atoms with Crippen molar-refractivity contribution in [3.8, 4) is 11.8 Å². The third kappa shape index (κ3) is 4.61. The molecule has 0 aliphatic rings. The summed E-state index contributed by atoms with van der Waals surface area (Å²) in [7, 11) is -3.79. The molecule has 0 saturated heterocycles. The Kier molecular flexibility index (Phi) is 5.55. The van der Waals surface area contributed by atoms with Crippen molar-refractivity contribution in [2.45, 2.75) is 24.3 Å². The topological polar surface area (TPSA) is 66.4 Å². The van der Waals surface area contributed by atoms with Crippen LogP contribution >= 0.6 is 0 Å². The van der Waals surface area contributed by atoms with Gasteiger partial charge in [-0.2, -0.15) is 0 Å². The van der Waals surface area contributed by atoms with Gasteiger partial charge >= 0.3 is 0 Å². The predicted octanol–water partition coefficient (Wildman–Crippen LogP) is 4.06. The number of sulfonamides is 1. The van der Waals surface area contributed by atoms with Crippen LogP contribution in [0.25, 0.3) is 0 Å². The van der Waals surface area contributed by atoms with Crippen LogP contribution < -0.4 is 4.72 Å². The summed E-state index contributed by atoms with van der Waals surface area (Å²) in [5.41, 5.74) is 0.867. The fourth-order valence-corrected chi connectivity index (χ4v) is 3.78. The Balaban J connectivity index is 1.95. The average Bonchev–Trinajstić information content (AvgIpc) is 2.68. The Labute approximate surface area is 165 Å². The van der Waals surface area contributed by atoms with Crippen LogP contribution in [0.1, 0.15) is 23.6 Å². The lowest BCUT2D eigenvalue weighted by Crippen LogP contribution is -2.23. The standard InChI is InChI=1S/C23H21NO3S/c1-18-12-14-20(15-13-18)28(26,27)24-22-11-7-6-10-21(22)23(2,25)17-16-19-8-4-3-5-9-19/h3-15,24-25H,1-2H3. The number of hydrogen-bond donors (Lipinski definition) is 2. The van der Waals surface area contributed by atoms with Gasteiger partial charge in [0.1, 0.15) is 0 Å². The molecule has 0 bridgehead atoms. The van der Waals surface area contributed by atoms with Gasteiger partial charge in [0.25, 0.3) is 10.0 Å². The molecule has 3 rings (SSSR count). The van der Waals surface area contributed by atoms with E-state index in [1.165, 1.54) is 0 Å². The van der Waals surface area contributed by atoms with E-state index in [-0.39, 0.29) is 10.6 Å². The maximum atomic E-state index is 12.7. The normalized spacial score (nSPS) is 13.1. The molecule has 0 aliphatic carbocycles. The number of rotatable bonds is 4. The zero-order valence-electron chi connectivity index (χ0n) is 15.7. The monoisotopic (exact) mass is 391 g/mol. The van der Waals surface area contributed by atoms with Crippen LogP contribution in [0.15, 0.2) is 83.8 Å². The van der Waals surface area contributed by atoms with Crippen molar-refractivity contribution in [3.05, 3.63) is 95.6 Å². The van der Waals surface area contributed by atoms with Gasteiger partial charge in [-0.1, -0.05) is 65.9 Å². The number of aryl methyl sites for hydroxylation is 1. The second kappa shape index (κ2) is 7.89. The molecule has 0 radical (unpaired) electrons. The molecule has 4 nitrogen and oxygen atoms in total. The third-order valence-electron chi connectivity index (χ3n) is 4.25. The van der Waals surface area contributed by atoms with Crippen molar-refractivity contribution in [2.24, 2.45) is 0 Å². The smallest absolute Gasteiger partial charge is 0.261 e. The Morgan fingerprint density at radius 1 is 0.893 bits per heavy atom.